The molecule has 1 N–H and O–H groups in total. The Morgan fingerprint density at radius 2 is 1.96 bits per heavy atom. The molecule has 2 aromatic heterocycles. The molecule has 4 nitrogen and oxygen atoms in total. The fourth-order valence-electron chi connectivity index (χ4n) is 2.67. The number of pyridine rings is 1. The predicted octanol–water partition coefficient (Wildman–Crippen LogP) is 5.42. The molecule has 0 aliphatic rings. The summed E-state index contributed by atoms with van der Waals surface area (Å²) in [5.41, 5.74) is 4.34. The number of aliphatic hydroxyl groups is 1. The summed E-state index contributed by atoms with van der Waals surface area (Å²) < 4.78 is 5.44. The van der Waals surface area contributed by atoms with E-state index in [1.54, 1.807) is 18.4 Å². The number of rotatable bonds is 3. The van der Waals surface area contributed by atoms with Crippen LogP contribution in [0.15, 0.2) is 41.5 Å². The van der Waals surface area contributed by atoms with Gasteiger partial charge in [-0.2, -0.15) is 12.1 Å². The molecule has 0 amide bonds. The van der Waals surface area contributed by atoms with Crippen LogP contribution >= 0.6 is 11.3 Å². The zero-order valence-electron chi connectivity index (χ0n) is 15.9. The number of carbonyl (C=O) groups excluding carboxylic acids is 1. The number of hydrogen-bond donors (Lipinski definition) is 1. The Morgan fingerprint density at radius 3 is 2.44 bits per heavy atom. The third-order valence-electron chi connectivity index (χ3n) is 3.66. The molecule has 0 saturated heterocycles. The van der Waals surface area contributed by atoms with Gasteiger partial charge in [-0.15, -0.1) is 5.38 Å². The van der Waals surface area contributed by atoms with E-state index in [1.165, 1.54) is 36.4 Å². The van der Waals surface area contributed by atoms with Crippen LogP contribution in [-0.4, -0.2) is 23.0 Å². The number of thiophene rings is 1. The van der Waals surface area contributed by atoms with Crippen molar-refractivity contribution in [2.45, 2.75) is 27.7 Å². The van der Waals surface area contributed by atoms with E-state index in [0.717, 1.165) is 21.8 Å². The van der Waals surface area contributed by atoms with E-state index in [2.05, 4.69) is 32.0 Å². The number of ketones is 1. The first-order chi connectivity index (χ1) is 12.3. The number of carbonyl (C=O) groups is 1. The summed E-state index contributed by atoms with van der Waals surface area (Å²) in [6.07, 6.45) is 1.17. The number of methoxy groups -OCH3 is 1. The van der Waals surface area contributed by atoms with Gasteiger partial charge in [0.15, 0.2) is 5.78 Å². The first-order valence-corrected chi connectivity index (χ1v) is 8.99. The van der Waals surface area contributed by atoms with Gasteiger partial charge in [-0.25, -0.2) is 11.3 Å². The average Bonchev–Trinajstić information content (AvgIpc) is 3.08. The third kappa shape index (κ3) is 5.99. The quantitative estimate of drug-likeness (QED) is 0.264. The van der Waals surface area contributed by atoms with Crippen molar-refractivity contribution in [1.82, 2.24) is 4.98 Å². The van der Waals surface area contributed by atoms with Crippen LogP contribution < -0.4 is 4.74 Å². The normalized spacial score (nSPS) is 10.6. The van der Waals surface area contributed by atoms with Crippen LogP contribution in [0.1, 0.15) is 25.0 Å². The van der Waals surface area contributed by atoms with Crippen LogP contribution in [0.3, 0.4) is 0 Å². The predicted molar refractivity (Wildman–Crippen MR) is 107 cm³/mol. The number of allylic oxidation sites excluding steroid dienone is 2. The first kappa shape index (κ1) is 23.0. The van der Waals surface area contributed by atoms with Crippen molar-refractivity contribution in [3.63, 3.8) is 0 Å². The molecule has 3 rings (SSSR count). The summed E-state index contributed by atoms with van der Waals surface area (Å²) in [6.45, 7) is 7.07. The van der Waals surface area contributed by atoms with Gasteiger partial charge in [0, 0.05) is 31.6 Å². The Bertz CT molecular complexity index is 946. The molecule has 0 aliphatic carbocycles. The Hall–Kier alpha value is -2.01. The van der Waals surface area contributed by atoms with E-state index >= 15 is 0 Å². The largest absolute Gasteiger partial charge is 0.512 e. The molecule has 27 heavy (non-hydrogen) atoms. The van der Waals surface area contributed by atoms with Gasteiger partial charge in [-0.1, -0.05) is 22.6 Å². The molecule has 0 spiro atoms. The van der Waals surface area contributed by atoms with Crippen LogP contribution in [0.4, 0.5) is 0 Å². The number of hydrogen-bond acceptors (Lipinski definition) is 5. The fourth-order valence-corrected chi connectivity index (χ4v) is 3.30. The van der Waals surface area contributed by atoms with E-state index in [1.807, 2.05) is 17.5 Å². The van der Waals surface area contributed by atoms with E-state index in [0.29, 0.717) is 0 Å². The molecule has 2 heterocycles. The van der Waals surface area contributed by atoms with Crippen molar-refractivity contribution in [3.8, 4) is 16.3 Å². The van der Waals surface area contributed by atoms with Crippen molar-refractivity contribution in [3.05, 3.63) is 58.7 Å². The van der Waals surface area contributed by atoms with Crippen LogP contribution in [0.25, 0.3) is 21.5 Å². The van der Waals surface area contributed by atoms with Crippen molar-refractivity contribution >= 4 is 28.0 Å². The van der Waals surface area contributed by atoms with Gasteiger partial charge >= 0.3 is 0 Å². The molecule has 0 saturated carbocycles. The van der Waals surface area contributed by atoms with E-state index < -0.39 is 0 Å². The zero-order valence-corrected chi connectivity index (χ0v) is 19.1. The number of fused-ring (bicyclic) bond motifs is 1. The maximum atomic E-state index is 10.0. The minimum atomic E-state index is -0.125. The number of aliphatic hydroxyl groups excluding tert-OH is 1. The second kappa shape index (κ2) is 10.4. The van der Waals surface area contributed by atoms with Crippen molar-refractivity contribution in [2.75, 3.05) is 7.11 Å². The van der Waals surface area contributed by atoms with E-state index in [-0.39, 0.29) is 31.6 Å². The number of aromatic nitrogens is 1. The molecule has 6 heteroatoms. The fraction of sp³-hybridized carbons (Fsp3) is 0.238. The molecule has 0 unspecified atom stereocenters. The van der Waals surface area contributed by atoms with Gasteiger partial charge in [0.2, 0.25) is 0 Å². The monoisotopic (exact) mass is 561 g/mol. The first-order valence-electron chi connectivity index (χ1n) is 8.11. The van der Waals surface area contributed by atoms with Gasteiger partial charge in [0.25, 0.3) is 0 Å². The molecule has 0 fully saturated rings. The average molecular weight is 561 g/mol. The molecule has 0 aliphatic heterocycles. The molecule has 0 atom stereocenters. The molecular weight excluding hydrogens is 539 g/mol. The van der Waals surface area contributed by atoms with Crippen LogP contribution in [0, 0.1) is 19.9 Å². The summed E-state index contributed by atoms with van der Waals surface area (Å²) in [5, 5.41) is 11.6. The molecule has 145 valence electrons. The molecule has 3 aromatic rings. The molecular formula is C21H22IrNO3S-. The van der Waals surface area contributed by atoms with Gasteiger partial charge in [-0.05, 0) is 45.0 Å². The standard InChI is InChI=1S/C16H14NOS.C5H8O2.Ir/c1-10-6-7-13(18-3)16-15(10)11(2)9-12(17-16)14-5-4-8-19-14;1-4(6)3-5(2)7;/h4,6-9H,1-3H3;3,6H,1-2H3;/q-1;;/b;4-3-;. The second-order valence-electron chi connectivity index (χ2n) is 5.92. The zero-order chi connectivity index (χ0) is 19.3. The maximum absolute atomic E-state index is 10.0. The SMILES string of the molecule is CC(=O)/C=C(/C)O.COc1ccc(C)c2c(C)cc(-c3[c-]ccs3)nc12.[Ir]. The smallest absolute Gasteiger partial charge is 0.155 e. The number of nitrogens with zero attached hydrogens (tertiary/aromatic N) is 1. The Kier molecular flexibility index (Phi) is 8.83. The molecule has 0 bridgehead atoms. The van der Waals surface area contributed by atoms with Crippen molar-refractivity contribution in [2.24, 2.45) is 0 Å². The number of aryl methyl sites for hydroxylation is 2. The third-order valence-corrected chi connectivity index (χ3v) is 4.50. The van der Waals surface area contributed by atoms with E-state index in [9.17, 15) is 4.79 Å². The minimum absolute atomic E-state index is 0. The van der Waals surface area contributed by atoms with Gasteiger partial charge < -0.3 is 14.8 Å². The Balaban J connectivity index is 0.000000395. The van der Waals surface area contributed by atoms with Crippen LogP contribution in [-0.2, 0) is 24.9 Å². The summed E-state index contributed by atoms with van der Waals surface area (Å²) in [4.78, 5) is 15.8. The number of ether oxygens (including phenoxy) is 1. The summed E-state index contributed by atoms with van der Waals surface area (Å²) in [7, 11) is 1.69. The Labute approximate surface area is 177 Å². The van der Waals surface area contributed by atoms with Crippen LogP contribution in [0.2, 0.25) is 0 Å². The minimum Gasteiger partial charge on any atom is -0.512 e. The van der Waals surface area contributed by atoms with Gasteiger partial charge in [0.05, 0.1) is 18.4 Å². The van der Waals surface area contributed by atoms with Gasteiger partial charge in [-0.3, -0.25) is 4.79 Å². The topological polar surface area (TPSA) is 59.4 Å². The number of benzene rings is 1. The van der Waals surface area contributed by atoms with Gasteiger partial charge in [0.1, 0.15) is 5.75 Å². The van der Waals surface area contributed by atoms with Crippen molar-refractivity contribution in [1.29, 1.82) is 0 Å². The van der Waals surface area contributed by atoms with Crippen LogP contribution in [0.5, 0.6) is 5.75 Å². The van der Waals surface area contributed by atoms with Crippen molar-refractivity contribution < 1.29 is 34.7 Å². The Morgan fingerprint density at radius 1 is 1.26 bits per heavy atom. The summed E-state index contributed by atoms with van der Waals surface area (Å²) >= 11 is 1.65. The second-order valence-corrected chi connectivity index (χ2v) is 6.84. The summed E-state index contributed by atoms with van der Waals surface area (Å²) in [5.74, 6) is 0.759. The summed E-state index contributed by atoms with van der Waals surface area (Å²) in [6, 6.07) is 11.3. The molecule has 1 radical (unpaired) electrons. The maximum Gasteiger partial charge on any atom is 0.155 e. The molecule has 1 aromatic carbocycles. The van der Waals surface area contributed by atoms with E-state index in [4.69, 9.17) is 14.8 Å².